The van der Waals surface area contributed by atoms with Crippen LogP contribution in [0, 0.1) is 0 Å². The third-order valence-corrected chi connectivity index (χ3v) is 0.627. The van der Waals surface area contributed by atoms with Crippen LogP contribution in [0.1, 0.15) is 13.8 Å². The van der Waals surface area contributed by atoms with Gasteiger partial charge in [-0.15, -0.1) is 5.10 Å². The largest absolute Gasteiger partial charge is 0.386 e. The highest BCUT2D eigenvalue weighted by Crippen LogP contribution is 1.75. The molecule has 0 aromatic carbocycles. The van der Waals surface area contributed by atoms with E-state index in [1.54, 1.807) is 13.8 Å². The van der Waals surface area contributed by atoms with Crippen LogP contribution in [0.4, 0.5) is 0 Å². The van der Waals surface area contributed by atoms with Gasteiger partial charge in [0.2, 0.25) is 0 Å². The summed E-state index contributed by atoms with van der Waals surface area (Å²) in [5.41, 5.74) is 5.82. The van der Waals surface area contributed by atoms with Crippen LogP contribution in [0.5, 0.6) is 0 Å². The summed E-state index contributed by atoms with van der Waals surface area (Å²) in [7, 11) is 0. The van der Waals surface area contributed by atoms with Crippen molar-refractivity contribution in [2.45, 2.75) is 13.8 Å². The third kappa shape index (κ3) is 4.76. The molecule has 0 amide bonds. The van der Waals surface area contributed by atoms with Gasteiger partial charge >= 0.3 is 0 Å². The van der Waals surface area contributed by atoms with Gasteiger partial charge in [-0.05, 0) is 13.8 Å². The second kappa shape index (κ2) is 4.49. The summed E-state index contributed by atoms with van der Waals surface area (Å²) in [6.45, 7) is 3.37. The van der Waals surface area contributed by atoms with Gasteiger partial charge < -0.3 is 11.6 Å². The highest BCUT2D eigenvalue weighted by Gasteiger charge is 1.80. The van der Waals surface area contributed by atoms with Gasteiger partial charge in [-0.25, -0.2) is 0 Å². The molecule has 0 heterocycles. The Balaban J connectivity index is 4.05. The number of hydrazone groups is 1. The smallest absolute Gasteiger partial charge is 0.119 e. The number of amidine groups is 1. The monoisotopic (exact) mass is 141 g/mol. The van der Waals surface area contributed by atoms with E-state index >= 15 is 0 Å². The van der Waals surface area contributed by atoms with Crippen molar-refractivity contribution in [3.63, 3.8) is 0 Å². The van der Waals surface area contributed by atoms with Crippen molar-refractivity contribution in [2.75, 3.05) is 0 Å². The maximum atomic E-state index is 5.20. The second-order valence-corrected chi connectivity index (χ2v) is 1.76. The molecule has 0 fully saturated rings. The van der Waals surface area contributed by atoms with Crippen LogP contribution in [-0.2, 0) is 0 Å². The molecule has 0 spiro atoms. The van der Waals surface area contributed by atoms with E-state index in [0.29, 0.717) is 11.5 Å². The average molecular weight is 141 g/mol. The molecule has 0 rings (SSSR count). The minimum absolute atomic E-state index is 0.407. The molecule has 0 aliphatic rings. The van der Waals surface area contributed by atoms with Crippen LogP contribution < -0.4 is 11.6 Å². The van der Waals surface area contributed by atoms with E-state index in [-0.39, 0.29) is 0 Å². The lowest BCUT2D eigenvalue weighted by atomic mass is 10.5. The standard InChI is InChI=1S/C5H11N5/c1-4(3-8-7)9-10-5(2)6/h3H,7H2,1-2H3,(H2,6,10)/b8-3+,9-4-. The Morgan fingerprint density at radius 3 is 2.30 bits per heavy atom. The van der Waals surface area contributed by atoms with E-state index in [4.69, 9.17) is 11.6 Å². The molecule has 0 bridgehead atoms. The fraction of sp³-hybridized carbons (Fsp3) is 0.400. The van der Waals surface area contributed by atoms with Gasteiger partial charge in [-0.1, -0.05) is 0 Å². The number of hydrogen-bond donors (Lipinski definition) is 2. The lowest BCUT2D eigenvalue weighted by molar-refractivity contribution is 1.21. The predicted octanol–water partition coefficient (Wildman–Crippen LogP) is -0.316. The molecular weight excluding hydrogens is 130 g/mol. The summed E-state index contributed by atoms with van der Waals surface area (Å²) in [6, 6.07) is 0. The van der Waals surface area contributed by atoms with Crippen molar-refractivity contribution >= 4 is 17.8 Å². The Morgan fingerprint density at radius 2 is 1.90 bits per heavy atom. The predicted molar refractivity (Wildman–Crippen MR) is 43.1 cm³/mol. The van der Waals surface area contributed by atoms with Crippen molar-refractivity contribution in [3.05, 3.63) is 0 Å². The molecule has 0 aromatic rings. The quantitative estimate of drug-likeness (QED) is 0.239. The van der Waals surface area contributed by atoms with Crippen LogP contribution in [-0.4, -0.2) is 17.8 Å². The molecule has 10 heavy (non-hydrogen) atoms. The maximum absolute atomic E-state index is 5.20. The van der Waals surface area contributed by atoms with E-state index in [1.807, 2.05) is 0 Å². The van der Waals surface area contributed by atoms with Crippen LogP contribution in [0.15, 0.2) is 15.3 Å². The van der Waals surface area contributed by atoms with E-state index in [1.165, 1.54) is 6.21 Å². The Kier molecular flexibility index (Phi) is 3.86. The lowest BCUT2D eigenvalue weighted by Crippen LogP contribution is -2.04. The highest BCUT2D eigenvalue weighted by atomic mass is 15.2. The number of hydrogen-bond acceptors (Lipinski definition) is 4. The van der Waals surface area contributed by atoms with Crippen LogP contribution >= 0.6 is 0 Å². The highest BCUT2D eigenvalue weighted by molar-refractivity contribution is 6.29. The van der Waals surface area contributed by atoms with Crippen LogP contribution in [0.2, 0.25) is 0 Å². The zero-order valence-corrected chi connectivity index (χ0v) is 6.07. The summed E-state index contributed by atoms with van der Waals surface area (Å²) >= 11 is 0. The summed E-state index contributed by atoms with van der Waals surface area (Å²) in [5.74, 6) is 5.25. The Bertz CT molecular complexity index is 174. The third-order valence-electron chi connectivity index (χ3n) is 0.627. The molecule has 0 aliphatic heterocycles. The molecule has 0 radical (unpaired) electrons. The molecule has 0 saturated heterocycles. The van der Waals surface area contributed by atoms with Crippen LogP contribution in [0.3, 0.4) is 0 Å². The normalized spacial score (nSPS) is 14.6. The van der Waals surface area contributed by atoms with Gasteiger partial charge in [0.05, 0.1) is 11.9 Å². The van der Waals surface area contributed by atoms with Crippen LogP contribution in [0.25, 0.3) is 0 Å². The van der Waals surface area contributed by atoms with Gasteiger partial charge in [0.25, 0.3) is 0 Å². The second-order valence-electron chi connectivity index (χ2n) is 1.76. The topological polar surface area (TPSA) is 89.1 Å². The van der Waals surface area contributed by atoms with Crippen molar-refractivity contribution in [1.29, 1.82) is 0 Å². The first-order valence-corrected chi connectivity index (χ1v) is 2.74. The Labute approximate surface area is 59.5 Å². The number of nitrogens with two attached hydrogens (primary N) is 2. The Morgan fingerprint density at radius 1 is 1.30 bits per heavy atom. The SMILES string of the molecule is C/C(N)=N/N=C(C)\C=N\N. The molecule has 56 valence electrons. The number of nitrogens with zero attached hydrogens (tertiary/aromatic N) is 3. The van der Waals surface area contributed by atoms with E-state index in [0.717, 1.165) is 0 Å². The van der Waals surface area contributed by atoms with Gasteiger partial charge in [0, 0.05) is 0 Å². The molecular formula is C5H11N5. The van der Waals surface area contributed by atoms with Crippen molar-refractivity contribution in [1.82, 2.24) is 0 Å². The molecule has 0 aromatic heterocycles. The van der Waals surface area contributed by atoms with Gasteiger partial charge in [0.15, 0.2) is 0 Å². The zero-order valence-electron chi connectivity index (χ0n) is 6.07. The van der Waals surface area contributed by atoms with E-state index in [9.17, 15) is 0 Å². The van der Waals surface area contributed by atoms with Crippen molar-refractivity contribution < 1.29 is 0 Å². The minimum atomic E-state index is 0.407. The fourth-order valence-corrected chi connectivity index (χ4v) is 0.291. The lowest BCUT2D eigenvalue weighted by Gasteiger charge is -1.85. The van der Waals surface area contributed by atoms with E-state index in [2.05, 4.69) is 15.3 Å². The summed E-state index contributed by atoms with van der Waals surface area (Å²) in [5, 5.41) is 10.5. The molecule has 5 nitrogen and oxygen atoms in total. The molecule has 0 aliphatic carbocycles. The van der Waals surface area contributed by atoms with Gasteiger partial charge in [0.1, 0.15) is 5.84 Å². The average Bonchev–Trinajstić information content (AvgIpc) is 1.85. The first kappa shape index (κ1) is 8.61. The van der Waals surface area contributed by atoms with Gasteiger partial charge in [-0.3, -0.25) is 0 Å². The zero-order chi connectivity index (χ0) is 7.98. The summed E-state index contributed by atoms with van der Waals surface area (Å²) in [4.78, 5) is 0. The molecule has 5 heteroatoms. The van der Waals surface area contributed by atoms with Gasteiger partial charge in [-0.2, -0.15) is 10.2 Å². The Hall–Kier alpha value is -1.39. The molecule has 0 saturated carbocycles. The number of rotatable bonds is 2. The first-order valence-electron chi connectivity index (χ1n) is 2.74. The summed E-state index contributed by atoms with van der Waals surface area (Å²) < 4.78 is 0. The maximum Gasteiger partial charge on any atom is 0.119 e. The first-order chi connectivity index (χ1) is 4.66. The van der Waals surface area contributed by atoms with Crippen molar-refractivity contribution in [2.24, 2.45) is 26.9 Å². The minimum Gasteiger partial charge on any atom is -0.386 e. The van der Waals surface area contributed by atoms with Crippen molar-refractivity contribution in [3.8, 4) is 0 Å². The molecule has 0 atom stereocenters. The molecule has 0 unspecified atom stereocenters. The summed E-state index contributed by atoms with van der Waals surface area (Å²) in [6.07, 6.45) is 1.40. The van der Waals surface area contributed by atoms with E-state index < -0.39 is 0 Å². The fourth-order valence-electron chi connectivity index (χ4n) is 0.291. The molecule has 4 N–H and O–H groups in total.